The lowest BCUT2D eigenvalue weighted by molar-refractivity contribution is 0.985. The Bertz CT molecular complexity index is 119. The van der Waals surface area contributed by atoms with Crippen molar-refractivity contribution < 1.29 is 0 Å². The molecule has 0 aliphatic heterocycles. The van der Waals surface area contributed by atoms with Gasteiger partial charge in [-0.3, -0.25) is 5.41 Å². The Morgan fingerprint density at radius 2 is 2.20 bits per heavy atom. The molecule has 4 nitrogen and oxygen atoms in total. The Hall–Kier alpha value is -0.490. The highest BCUT2D eigenvalue weighted by molar-refractivity contribution is 8.13. The van der Waals surface area contributed by atoms with Crippen molar-refractivity contribution in [3.8, 4) is 0 Å². The van der Waals surface area contributed by atoms with Crippen molar-refractivity contribution in [3.63, 3.8) is 0 Å². The van der Waals surface area contributed by atoms with Crippen molar-refractivity contribution >= 4 is 34.3 Å². The molecule has 0 atom stereocenters. The van der Waals surface area contributed by atoms with Gasteiger partial charge in [-0.25, -0.2) is 0 Å². The van der Waals surface area contributed by atoms with Crippen LogP contribution in [0.3, 0.4) is 0 Å². The van der Waals surface area contributed by atoms with Gasteiger partial charge >= 0.3 is 0 Å². The molecule has 10 heavy (non-hydrogen) atoms. The van der Waals surface area contributed by atoms with Crippen molar-refractivity contribution in [1.29, 1.82) is 5.41 Å². The van der Waals surface area contributed by atoms with Gasteiger partial charge in [-0.15, -0.1) is 0 Å². The minimum atomic E-state index is 0.115. The van der Waals surface area contributed by atoms with E-state index in [0.29, 0.717) is 12.3 Å². The highest BCUT2D eigenvalue weighted by Gasteiger charge is 1.90. The van der Waals surface area contributed by atoms with E-state index in [2.05, 4.69) is 17.5 Å². The number of nitrogens with one attached hydrogen (secondary N) is 2. The molecule has 0 bridgehead atoms. The number of hydrogen-bond acceptors (Lipinski definition) is 3. The second-order valence-electron chi connectivity index (χ2n) is 1.50. The van der Waals surface area contributed by atoms with Gasteiger partial charge in [0.15, 0.2) is 10.3 Å². The lowest BCUT2D eigenvalue weighted by Crippen LogP contribution is -2.31. The van der Waals surface area contributed by atoms with Crippen LogP contribution in [0, 0.1) is 5.41 Å². The van der Waals surface area contributed by atoms with Crippen LogP contribution in [0.5, 0.6) is 0 Å². The van der Waals surface area contributed by atoms with Crippen molar-refractivity contribution in [2.75, 3.05) is 12.3 Å². The van der Waals surface area contributed by atoms with Crippen molar-refractivity contribution in [1.82, 2.24) is 5.32 Å². The van der Waals surface area contributed by atoms with Crippen molar-refractivity contribution in [2.45, 2.75) is 0 Å². The van der Waals surface area contributed by atoms with Crippen LogP contribution in [0.4, 0.5) is 0 Å². The fourth-order valence-electron chi connectivity index (χ4n) is 0.335. The molecule has 0 saturated carbocycles. The van der Waals surface area contributed by atoms with E-state index < -0.39 is 0 Å². The molecule has 6 heteroatoms. The van der Waals surface area contributed by atoms with Gasteiger partial charge in [0.2, 0.25) is 0 Å². The highest BCUT2D eigenvalue weighted by atomic mass is 32.2. The largest absolute Gasteiger partial charge is 0.379 e. The van der Waals surface area contributed by atoms with E-state index in [-0.39, 0.29) is 10.3 Å². The Labute approximate surface area is 69.2 Å². The summed E-state index contributed by atoms with van der Waals surface area (Å²) < 4.78 is 0. The molecule has 0 unspecified atom stereocenters. The average Bonchev–Trinajstić information content (AvgIpc) is 1.79. The molecule has 0 radical (unpaired) electrons. The quantitative estimate of drug-likeness (QED) is 0.201. The fourth-order valence-corrected chi connectivity index (χ4v) is 0.861. The fraction of sp³-hybridized carbons (Fsp3) is 0.500. The maximum atomic E-state index is 6.83. The van der Waals surface area contributed by atoms with E-state index in [4.69, 9.17) is 16.9 Å². The van der Waals surface area contributed by atoms with Crippen molar-refractivity contribution in [2.24, 2.45) is 11.5 Å². The Balaban J connectivity index is 3.06. The third-order valence-electron chi connectivity index (χ3n) is 0.659. The Morgan fingerprint density at radius 1 is 1.60 bits per heavy atom. The van der Waals surface area contributed by atoms with Crippen LogP contribution >= 0.6 is 24.0 Å². The lowest BCUT2D eigenvalue weighted by Gasteiger charge is -2.00. The third-order valence-corrected chi connectivity index (χ3v) is 1.52. The minimum Gasteiger partial charge on any atom is -0.379 e. The summed E-state index contributed by atoms with van der Waals surface area (Å²) in [7, 11) is 0. The molecule has 0 spiro atoms. The summed E-state index contributed by atoms with van der Waals surface area (Å²) in [5.41, 5.74) is 10.2. The number of thioether (sulfide) groups is 1. The lowest BCUT2D eigenvalue weighted by atomic mass is 10.7. The topological polar surface area (TPSA) is 87.9 Å². The first-order chi connectivity index (χ1) is 4.63. The molecular weight excluding hydrogens is 168 g/mol. The summed E-state index contributed by atoms with van der Waals surface area (Å²) >= 11 is 5.80. The van der Waals surface area contributed by atoms with Gasteiger partial charge in [-0.1, -0.05) is 11.8 Å². The summed E-state index contributed by atoms with van der Waals surface area (Å²) in [5, 5.41) is 9.96. The van der Waals surface area contributed by atoms with Crippen molar-refractivity contribution in [3.05, 3.63) is 0 Å². The normalized spacial score (nSPS) is 8.80. The van der Waals surface area contributed by atoms with E-state index >= 15 is 0 Å². The van der Waals surface area contributed by atoms with Gasteiger partial charge in [-0.05, 0) is 12.2 Å². The third kappa shape index (κ3) is 7.51. The van der Waals surface area contributed by atoms with Gasteiger partial charge in [0.25, 0.3) is 0 Å². The van der Waals surface area contributed by atoms with Crippen LogP contribution in [0.2, 0.25) is 0 Å². The number of thiocarbonyl (C=S) groups is 1. The van der Waals surface area contributed by atoms with Gasteiger partial charge in [0.1, 0.15) is 0 Å². The molecule has 0 fully saturated rings. The van der Waals surface area contributed by atoms with Crippen LogP contribution < -0.4 is 16.8 Å². The second-order valence-corrected chi connectivity index (χ2v) is 3.08. The van der Waals surface area contributed by atoms with Gasteiger partial charge in [-0.2, -0.15) is 0 Å². The van der Waals surface area contributed by atoms with Crippen LogP contribution in [0.15, 0.2) is 0 Å². The first-order valence-electron chi connectivity index (χ1n) is 2.63. The van der Waals surface area contributed by atoms with E-state index in [1.165, 1.54) is 11.8 Å². The highest BCUT2D eigenvalue weighted by Crippen LogP contribution is 1.93. The summed E-state index contributed by atoms with van der Waals surface area (Å²) in [6.07, 6.45) is 0. The molecule has 0 amide bonds. The summed E-state index contributed by atoms with van der Waals surface area (Å²) in [6, 6.07) is 0. The smallest absolute Gasteiger partial charge is 0.163 e. The monoisotopic (exact) mass is 178 g/mol. The molecular formula is C4H10N4S2. The van der Waals surface area contributed by atoms with E-state index in [9.17, 15) is 0 Å². The number of rotatable bonds is 3. The molecule has 0 rings (SSSR count). The molecule has 0 aromatic heterocycles. The summed E-state index contributed by atoms with van der Waals surface area (Å²) in [4.78, 5) is 0. The summed E-state index contributed by atoms with van der Waals surface area (Å²) in [5.74, 6) is 0.715. The predicted molar refractivity (Wildman–Crippen MR) is 49.2 cm³/mol. The first-order valence-corrected chi connectivity index (χ1v) is 4.02. The van der Waals surface area contributed by atoms with Crippen LogP contribution in [-0.2, 0) is 0 Å². The van der Waals surface area contributed by atoms with E-state index in [1.54, 1.807) is 0 Å². The van der Waals surface area contributed by atoms with Crippen LogP contribution in [-0.4, -0.2) is 22.6 Å². The molecule has 58 valence electrons. The van der Waals surface area contributed by atoms with Gasteiger partial charge < -0.3 is 16.8 Å². The zero-order valence-corrected chi connectivity index (χ0v) is 7.02. The predicted octanol–water partition coefficient (Wildman–Crippen LogP) is -0.554. The zero-order valence-electron chi connectivity index (χ0n) is 5.39. The molecule has 0 aromatic rings. The van der Waals surface area contributed by atoms with E-state index in [0.717, 1.165) is 0 Å². The molecule has 0 saturated heterocycles. The molecule has 0 aromatic carbocycles. The van der Waals surface area contributed by atoms with Crippen LogP contribution in [0.25, 0.3) is 0 Å². The van der Waals surface area contributed by atoms with Crippen LogP contribution in [0.1, 0.15) is 0 Å². The first kappa shape index (κ1) is 9.51. The Kier molecular flexibility index (Phi) is 5.05. The van der Waals surface area contributed by atoms with Gasteiger partial charge in [0, 0.05) is 12.3 Å². The molecule has 6 N–H and O–H groups in total. The van der Waals surface area contributed by atoms with E-state index in [1.807, 2.05) is 0 Å². The Morgan fingerprint density at radius 3 is 2.60 bits per heavy atom. The minimum absolute atomic E-state index is 0.115. The number of amidine groups is 1. The second kappa shape index (κ2) is 5.31. The number of nitrogens with two attached hydrogens (primary N) is 2. The SMILES string of the molecule is N=C(N)SCCNC(N)=S. The molecule has 0 aliphatic rings. The molecule has 0 aliphatic carbocycles. The molecule has 0 heterocycles. The van der Waals surface area contributed by atoms with Gasteiger partial charge in [0.05, 0.1) is 0 Å². The standard InChI is InChI=1S/C4H10N4S2/c5-3(6)10-2-1-8-4(7)9/h1-2H2,(H3,5,6)(H3,7,8,9). The summed E-state index contributed by atoms with van der Waals surface area (Å²) in [6.45, 7) is 0.652. The maximum Gasteiger partial charge on any atom is 0.163 e. The average molecular weight is 178 g/mol. The zero-order chi connectivity index (χ0) is 7.98. The maximum absolute atomic E-state index is 6.83. The number of hydrogen-bond donors (Lipinski definition) is 4.